The van der Waals surface area contributed by atoms with E-state index in [4.69, 9.17) is 5.11 Å². The highest BCUT2D eigenvalue weighted by Gasteiger charge is 2.28. The Labute approximate surface area is 107 Å². The topological polar surface area (TPSA) is 61.4 Å². The van der Waals surface area contributed by atoms with Crippen LogP contribution in [0.1, 0.15) is 12.5 Å². The molecule has 1 aromatic rings. The Morgan fingerprint density at radius 1 is 1.39 bits per heavy atom. The fourth-order valence-corrected chi connectivity index (χ4v) is 2.28. The van der Waals surface area contributed by atoms with Gasteiger partial charge in [0.1, 0.15) is 5.75 Å². The molecule has 0 bridgehead atoms. The van der Waals surface area contributed by atoms with Gasteiger partial charge in [-0.2, -0.15) is 0 Å². The predicted octanol–water partition coefficient (Wildman–Crippen LogP) is 0.906. The zero-order valence-corrected chi connectivity index (χ0v) is 10.6. The molecule has 0 aliphatic carbocycles. The molecule has 2 unspecified atom stereocenters. The molecule has 2 rings (SSSR count). The molecule has 1 saturated heterocycles. The van der Waals surface area contributed by atoms with Crippen LogP contribution >= 0.6 is 0 Å². The van der Waals surface area contributed by atoms with E-state index in [1.165, 1.54) is 0 Å². The summed E-state index contributed by atoms with van der Waals surface area (Å²) < 4.78 is 0. The maximum absolute atomic E-state index is 11.9. The molecule has 0 aromatic heterocycles. The monoisotopic (exact) mass is 248 g/mol. The lowest BCUT2D eigenvalue weighted by molar-refractivity contribution is -0.125. The van der Waals surface area contributed by atoms with Gasteiger partial charge in [0.2, 0.25) is 5.91 Å². The molecule has 1 aromatic carbocycles. The van der Waals surface area contributed by atoms with Gasteiger partial charge >= 0.3 is 0 Å². The van der Waals surface area contributed by atoms with Crippen LogP contribution in [0.4, 0.5) is 0 Å². The zero-order chi connectivity index (χ0) is 13.0. The maximum atomic E-state index is 11.9. The number of hydrogen-bond donors (Lipinski definition) is 3. The molecule has 98 valence electrons. The van der Waals surface area contributed by atoms with Crippen LogP contribution in [0, 0.1) is 11.8 Å². The van der Waals surface area contributed by atoms with Crippen LogP contribution in [0.15, 0.2) is 24.3 Å². The molecule has 0 saturated carbocycles. The van der Waals surface area contributed by atoms with Gasteiger partial charge in [-0.3, -0.25) is 4.79 Å². The fourth-order valence-electron chi connectivity index (χ4n) is 2.28. The van der Waals surface area contributed by atoms with Crippen LogP contribution in [-0.2, 0) is 11.2 Å². The van der Waals surface area contributed by atoms with Crippen molar-refractivity contribution < 1.29 is 9.90 Å². The Bertz CT molecular complexity index is 403. The van der Waals surface area contributed by atoms with Gasteiger partial charge in [-0.15, -0.1) is 0 Å². The van der Waals surface area contributed by atoms with Crippen LogP contribution in [0.2, 0.25) is 0 Å². The largest absolute Gasteiger partial charge is 0.508 e. The van der Waals surface area contributed by atoms with Crippen molar-refractivity contribution in [3.63, 3.8) is 0 Å². The Balaban J connectivity index is 1.75. The van der Waals surface area contributed by atoms with Gasteiger partial charge in [0, 0.05) is 13.1 Å². The number of benzene rings is 1. The number of rotatable bonds is 4. The molecule has 1 aliphatic rings. The SMILES string of the molecule is CC1CNCC1C(=O)NCCc1ccc(O)cc1. The molecule has 1 heterocycles. The number of phenolic OH excluding ortho intramolecular Hbond substituents is 1. The highest BCUT2D eigenvalue weighted by molar-refractivity contribution is 5.79. The molecule has 4 nitrogen and oxygen atoms in total. The van der Waals surface area contributed by atoms with Crippen molar-refractivity contribution in [2.45, 2.75) is 13.3 Å². The Hall–Kier alpha value is -1.55. The summed E-state index contributed by atoms with van der Waals surface area (Å²) in [5.41, 5.74) is 1.12. The molecule has 18 heavy (non-hydrogen) atoms. The molecule has 3 N–H and O–H groups in total. The molecule has 2 atom stereocenters. The third-order valence-electron chi connectivity index (χ3n) is 3.50. The summed E-state index contributed by atoms with van der Waals surface area (Å²) in [6.07, 6.45) is 0.792. The first-order valence-electron chi connectivity index (χ1n) is 6.43. The molecular weight excluding hydrogens is 228 g/mol. The first-order valence-corrected chi connectivity index (χ1v) is 6.43. The molecule has 0 radical (unpaired) electrons. The van der Waals surface area contributed by atoms with E-state index in [2.05, 4.69) is 17.6 Å². The summed E-state index contributed by atoms with van der Waals surface area (Å²) in [5, 5.41) is 15.4. The van der Waals surface area contributed by atoms with Crippen molar-refractivity contribution >= 4 is 5.91 Å². The van der Waals surface area contributed by atoms with E-state index >= 15 is 0 Å². The summed E-state index contributed by atoms with van der Waals surface area (Å²) in [7, 11) is 0. The standard InChI is InChI=1S/C14H20N2O2/c1-10-8-15-9-13(10)14(18)16-7-6-11-2-4-12(17)5-3-11/h2-5,10,13,15,17H,6-9H2,1H3,(H,16,18). The Kier molecular flexibility index (Phi) is 4.20. The van der Waals surface area contributed by atoms with Gasteiger partial charge < -0.3 is 15.7 Å². The van der Waals surface area contributed by atoms with Crippen LogP contribution in [0.5, 0.6) is 5.75 Å². The van der Waals surface area contributed by atoms with Crippen molar-refractivity contribution in [3.05, 3.63) is 29.8 Å². The summed E-state index contributed by atoms with van der Waals surface area (Å²) in [6, 6.07) is 7.09. The maximum Gasteiger partial charge on any atom is 0.224 e. The second-order valence-corrected chi connectivity index (χ2v) is 4.95. The predicted molar refractivity (Wildman–Crippen MR) is 70.3 cm³/mol. The number of carbonyl (C=O) groups excluding carboxylic acids is 1. The molecule has 1 fully saturated rings. The lowest BCUT2D eigenvalue weighted by atomic mass is 9.97. The van der Waals surface area contributed by atoms with Crippen LogP contribution in [-0.4, -0.2) is 30.6 Å². The summed E-state index contributed by atoms with van der Waals surface area (Å²) in [5.74, 6) is 0.934. The minimum Gasteiger partial charge on any atom is -0.508 e. The van der Waals surface area contributed by atoms with Crippen molar-refractivity contribution in [1.82, 2.24) is 10.6 Å². The molecule has 1 aliphatic heterocycles. The van der Waals surface area contributed by atoms with Gasteiger partial charge in [-0.05, 0) is 36.6 Å². The third-order valence-corrected chi connectivity index (χ3v) is 3.50. The van der Waals surface area contributed by atoms with Crippen LogP contribution in [0.3, 0.4) is 0 Å². The highest BCUT2D eigenvalue weighted by atomic mass is 16.3. The normalized spacial score (nSPS) is 22.9. The third kappa shape index (κ3) is 3.23. The van der Waals surface area contributed by atoms with E-state index in [1.54, 1.807) is 12.1 Å². The minimum absolute atomic E-state index is 0.102. The van der Waals surface area contributed by atoms with Gasteiger partial charge in [-0.1, -0.05) is 19.1 Å². The van der Waals surface area contributed by atoms with Crippen molar-refractivity contribution in [2.75, 3.05) is 19.6 Å². The second-order valence-electron chi connectivity index (χ2n) is 4.95. The van der Waals surface area contributed by atoms with E-state index < -0.39 is 0 Å². The average molecular weight is 248 g/mol. The quantitative estimate of drug-likeness (QED) is 0.742. The van der Waals surface area contributed by atoms with E-state index in [9.17, 15) is 4.79 Å². The van der Waals surface area contributed by atoms with E-state index in [-0.39, 0.29) is 17.6 Å². The van der Waals surface area contributed by atoms with Crippen molar-refractivity contribution in [3.8, 4) is 5.75 Å². The van der Waals surface area contributed by atoms with Gasteiger partial charge in [0.25, 0.3) is 0 Å². The second kappa shape index (κ2) is 5.87. The van der Waals surface area contributed by atoms with Crippen molar-refractivity contribution in [2.24, 2.45) is 11.8 Å². The smallest absolute Gasteiger partial charge is 0.224 e. The fraction of sp³-hybridized carbons (Fsp3) is 0.500. The average Bonchev–Trinajstić information content (AvgIpc) is 2.78. The van der Waals surface area contributed by atoms with Crippen LogP contribution < -0.4 is 10.6 Å². The van der Waals surface area contributed by atoms with E-state index in [1.807, 2.05) is 12.1 Å². The van der Waals surface area contributed by atoms with E-state index in [0.717, 1.165) is 25.1 Å². The number of aromatic hydroxyl groups is 1. The lowest BCUT2D eigenvalue weighted by Gasteiger charge is -2.14. The lowest BCUT2D eigenvalue weighted by Crippen LogP contribution is -2.35. The molecule has 0 spiro atoms. The highest BCUT2D eigenvalue weighted by Crippen LogP contribution is 2.15. The summed E-state index contributed by atoms with van der Waals surface area (Å²) >= 11 is 0. The van der Waals surface area contributed by atoms with Gasteiger partial charge in [-0.25, -0.2) is 0 Å². The Morgan fingerprint density at radius 3 is 2.72 bits per heavy atom. The first-order chi connectivity index (χ1) is 8.66. The van der Waals surface area contributed by atoms with Gasteiger partial charge in [0.05, 0.1) is 5.92 Å². The number of nitrogens with one attached hydrogen (secondary N) is 2. The zero-order valence-electron chi connectivity index (χ0n) is 10.6. The number of carbonyl (C=O) groups is 1. The Morgan fingerprint density at radius 2 is 2.11 bits per heavy atom. The van der Waals surface area contributed by atoms with Gasteiger partial charge in [0.15, 0.2) is 0 Å². The number of hydrogen-bond acceptors (Lipinski definition) is 3. The first kappa shape index (κ1) is 12.9. The van der Waals surface area contributed by atoms with Crippen molar-refractivity contribution in [1.29, 1.82) is 0 Å². The summed E-state index contributed by atoms with van der Waals surface area (Å²) in [6.45, 7) is 4.46. The number of phenols is 1. The summed E-state index contributed by atoms with van der Waals surface area (Å²) in [4.78, 5) is 11.9. The molecule has 4 heteroatoms. The van der Waals surface area contributed by atoms with E-state index in [0.29, 0.717) is 12.5 Å². The van der Waals surface area contributed by atoms with Crippen LogP contribution in [0.25, 0.3) is 0 Å². The minimum atomic E-state index is 0.102. The number of amides is 1. The molecular formula is C14H20N2O2. The molecule has 1 amide bonds.